The Morgan fingerprint density at radius 2 is 1.06 bits per heavy atom. The Morgan fingerprint density at radius 1 is 0.667 bits per heavy atom. The van der Waals surface area contributed by atoms with Crippen molar-refractivity contribution < 1.29 is 28.5 Å². The van der Waals surface area contributed by atoms with Crippen LogP contribution in [0, 0.1) is 6.92 Å². The minimum absolute atomic E-state index is 0.347. The number of rotatable bonds is 9. The lowest BCUT2D eigenvalue weighted by Gasteiger charge is -2.06. The number of esters is 2. The molecule has 0 radical (unpaired) electrons. The van der Waals surface area contributed by atoms with Crippen molar-refractivity contribution in [1.29, 1.82) is 0 Å². The summed E-state index contributed by atoms with van der Waals surface area (Å²) in [5.41, 5.74) is 2.11. The van der Waals surface area contributed by atoms with Crippen LogP contribution >= 0.6 is 0 Å². The first-order valence-electron chi connectivity index (χ1n) is 11.5. The van der Waals surface area contributed by atoms with E-state index in [0.29, 0.717) is 41.6 Å². The summed E-state index contributed by atoms with van der Waals surface area (Å²) in [5.74, 6) is 1.20. The van der Waals surface area contributed by atoms with Gasteiger partial charge in [-0.3, -0.25) is 0 Å². The molecule has 0 saturated carbocycles. The number of methoxy groups -OCH3 is 1. The Bertz CT molecular complexity index is 1070. The van der Waals surface area contributed by atoms with Crippen molar-refractivity contribution in [2.75, 3.05) is 20.3 Å². The van der Waals surface area contributed by atoms with Crippen LogP contribution in [0.25, 0.3) is 0 Å². The van der Waals surface area contributed by atoms with Gasteiger partial charge in [0.15, 0.2) is 0 Å². The first-order valence-corrected chi connectivity index (χ1v) is 11.5. The zero-order valence-electron chi connectivity index (χ0n) is 21.4. The summed E-state index contributed by atoms with van der Waals surface area (Å²) < 4.78 is 20.4. The van der Waals surface area contributed by atoms with Crippen molar-refractivity contribution in [3.05, 3.63) is 115 Å². The number of hydrogen-bond donors (Lipinski definition) is 0. The van der Waals surface area contributed by atoms with Crippen molar-refractivity contribution in [3.8, 4) is 17.2 Å². The number of benzene rings is 3. The van der Waals surface area contributed by atoms with Gasteiger partial charge in [-0.25, -0.2) is 9.59 Å². The molecule has 3 aromatic rings. The highest BCUT2D eigenvalue weighted by molar-refractivity contribution is 5.91. The van der Waals surface area contributed by atoms with Crippen LogP contribution in [0.5, 0.6) is 17.2 Å². The summed E-state index contributed by atoms with van der Waals surface area (Å²) >= 11 is 0. The Kier molecular flexibility index (Phi) is 14.2. The molecule has 0 N–H and O–H groups in total. The summed E-state index contributed by atoms with van der Waals surface area (Å²) in [6, 6.07) is 20.9. The van der Waals surface area contributed by atoms with Crippen LogP contribution in [-0.4, -0.2) is 32.3 Å². The van der Waals surface area contributed by atoms with Crippen molar-refractivity contribution in [1.82, 2.24) is 0 Å². The average molecular weight is 491 g/mol. The standard InChI is InChI=1S/C17H16O3.C11H12O3.C2H6/c1-3-12-19-15-10-6-14(7-11-15)17(18)20-16-8-4-13(2)5-9-16;1-3-8-14-10-6-4-9(5-7-10)11(12)13-2;1-2/h3-11H,1,12H2,2H3;3-7H,1,8H2,2H3;1-2H3. The predicted molar refractivity (Wildman–Crippen MR) is 143 cm³/mol. The monoisotopic (exact) mass is 490 g/mol. The summed E-state index contributed by atoms with van der Waals surface area (Å²) in [6.07, 6.45) is 3.33. The average Bonchev–Trinajstić information content (AvgIpc) is 2.93. The Labute approximate surface area is 213 Å². The van der Waals surface area contributed by atoms with E-state index in [-0.39, 0.29) is 11.9 Å². The van der Waals surface area contributed by atoms with Crippen molar-refractivity contribution >= 4 is 11.9 Å². The zero-order valence-corrected chi connectivity index (χ0v) is 21.4. The number of carbonyl (C=O) groups is 2. The lowest BCUT2D eigenvalue weighted by Crippen LogP contribution is -2.08. The van der Waals surface area contributed by atoms with Gasteiger partial charge in [0.25, 0.3) is 0 Å². The van der Waals surface area contributed by atoms with Crippen molar-refractivity contribution in [2.24, 2.45) is 0 Å². The molecule has 0 aromatic heterocycles. The molecule has 190 valence electrons. The number of carbonyl (C=O) groups excluding carboxylic acids is 2. The normalized spacial score (nSPS) is 9.22. The highest BCUT2D eigenvalue weighted by Gasteiger charge is 2.08. The van der Waals surface area contributed by atoms with E-state index in [1.807, 2.05) is 32.9 Å². The van der Waals surface area contributed by atoms with Gasteiger partial charge in [0.05, 0.1) is 18.2 Å². The van der Waals surface area contributed by atoms with Crippen LogP contribution in [0.4, 0.5) is 0 Å². The van der Waals surface area contributed by atoms with E-state index in [2.05, 4.69) is 17.9 Å². The van der Waals surface area contributed by atoms with E-state index in [1.54, 1.807) is 72.8 Å². The van der Waals surface area contributed by atoms with E-state index >= 15 is 0 Å². The van der Waals surface area contributed by atoms with E-state index in [1.165, 1.54) is 7.11 Å². The molecule has 0 fully saturated rings. The van der Waals surface area contributed by atoms with Gasteiger partial charge in [-0.15, -0.1) is 0 Å². The van der Waals surface area contributed by atoms with Crippen molar-refractivity contribution in [2.45, 2.75) is 20.8 Å². The van der Waals surface area contributed by atoms with Crippen LogP contribution in [0.15, 0.2) is 98.1 Å². The lowest BCUT2D eigenvalue weighted by atomic mass is 10.2. The van der Waals surface area contributed by atoms with Gasteiger partial charge in [0.1, 0.15) is 30.5 Å². The Morgan fingerprint density at radius 3 is 1.44 bits per heavy atom. The van der Waals surface area contributed by atoms with E-state index in [9.17, 15) is 9.59 Å². The van der Waals surface area contributed by atoms with Crippen LogP contribution in [0.2, 0.25) is 0 Å². The molecule has 0 amide bonds. The van der Waals surface area contributed by atoms with Crippen LogP contribution in [0.3, 0.4) is 0 Å². The quantitative estimate of drug-likeness (QED) is 0.186. The SMILES string of the molecule is C=CCOc1ccc(C(=O)OC)cc1.C=CCOc1ccc(C(=O)Oc2ccc(C)cc2)cc1.CC. The van der Waals surface area contributed by atoms with Gasteiger partial charge < -0.3 is 18.9 Å². The Balaban J connectivity index is 0.000000356. The van der Waals surface area contributed by atoms with Crippen molar-refractivity contribution in [3.63, 3.8) is 0 Å². The molecule has 36 heavy (non-hydrogen) atoms. The molecule has 3 aromatic carbocycles. The zero-order chi connectivity index (χ0) is 26.8. The molecule has 0 aliphatic carbocycles. The highest BCUT2D eigenvalue weighted by atomic mass is 16.5. The highest BCUT2D eigenvalue weighted by Crippen LogP contribution is 2.16. The summed E-state index contributed by atoms with van der Waals surface area (Å²) in [4.78, 5) is 23.0. The van der Waals surface area contributed by atoms with Crippen LogP contribution in [0.1, 0.15) is 40.1 Å². The fourth-order valence-corrected chi connectivity index (χ4v) is 2.57. The molecule has 6 heteroatoms. The number of aryl methyl sites for hydroxylation is 1. The second-order valence-electron chi connectivity index (χ2n) is 6.94. The minimum atomic E-state index is -0.385. The van der Waals surface area contributed by atoms with Gasteiger partial charge in [0.2, 0.25) is 0 Å². The fourth-order valence-electron chi connectivity index (χ4n) is 2.57. The molecule has 0 aliphatic heterocycles. The Hall–Kier alpha value is -4.32. The third kappa shape index (κ3) is 10.7. The number of hydrogen-bond acceptors (Lipinski definition) is 6. The molecule has 0 aliphatic rings. The topological polar surface area (TPSA) is 71.1 Å². The van der Waals surface area contributed by atoms with Gasteiger partial charge >= 0.3 is 11.9 Å². The van der Waals surface area contributed by atoms with E-state index in [0.717, 1.165) is 5.56 Å². The fraction of sp³-hybridized carbons (Fsp3) is 0.200. The molecule has 0 atom stereocenters. The first kappa shape index (κ1) is 29.7. The van der Waals surface area contributed by atoms with Crippen LogP contribution in [-0.2, 0) is 4.74 Å². The summed E-state index contributed by atoms with van der Waals surface area (Å²) in [6.45, 7) is 14.0. The third-order valence-corrected chi connectivity index (χ3v) is 4.33. The minimum Gasteiger partial charge on any atom is -0.490 e. The predicted octanol–water partition coefficient (Wildman–Crippen LogP) is 6.84. The maximum atomic E-state index is 11.9. The van der Waals surface area contributed by atoms with E-state index < -0.39 is 0 Å². The molecule has 0 bridgehead atoms. The molecular formula is C30H34O6. The molecular weight excluding hydrogens is 456 g/mol. The molecule has 0 spiro atoms. The third-order valence-electron chi connectivity index (χ3n) is 4.33. The maximum Gasteiger partial charge on any atom is 0.343 e. The smallest absolute Gasteiger partial charge is 0.343 e. The van der Waals surface area contributed by atoms with Crippen LogP contribution < -0.4 is 14.2 Å². The van der Waals surface area contributed by atoms with E-state index in [4.69, 9.17) is 14.2 Å². The second-order valence-corrected chi connectivity index (χ2v) is 6.94. The van der Waals surface area contributed by atoms with Gasteiger partial charge in [-0.1, -0.05) is 56.9 Å². The summed E-state index contributed by atoms with van der Waals surface area (Å²) in [7, 11) is 1.35. The second kappa shape index (κ2) is 17.2. The maximum absolute atomic E-state index is 11.9. The molecule has 0 heterocycles. The molecule has 0 unspecified atom stereocenters. The lowest BCUT2D eigenvalue weighted by molar-refractivity contribution is 0.0600. The summed E-state index contributed by atoms with van der Waals surface area (Å²) in [5, 5.41) is 0. The number of ether oxygens (including phenoxy) is 4. The first-order chi connectivity index (χ1) is 17.5. The van der Waals surface area contributed by atoms with Gasteiger partial charge in [-0.05, 0) is 67.6 Å². The molecule has 3 rings (SSSR count). The molecule has 6 nitrogen and oxygen atoms in total. The van der Waals surface area contributed by atoms with Gasteiger partial charge in [-0.2, -0.15) is 0 Å². The van der Waals surface area contributed by atoms with Gasteiger partial charge in [0, 0.05) is 0 Å². The molecule has 0 saturated heterocycles. The largest absolute Gasteiger partial charge is 0.490 e.